The van der Waals surface area contributed by atoms with Crippen molar-refractivity contribution >= 4 is 27.2 Å². The number of nitrogens with one attached hydrogen (secondary N) is 1. The van der Waals surface area contributed by atoms with E-state index in [1.54, 1.807) is 11.3 Å². The summed E-state index contributed by atoms with van der Waals surface area (Å²) in [6.45, 7) is 0.771. The first-order valence-corrected chi connectivity index (χ1v) is 8.01. The number of benzene rings is 2. The van der Waals surface area contributed by atoms with Gasteiger partial charge in [-0.25, -0.2) is 0 Å². The van der Waals surface area contributed by atoms with E-state index in [2.05, 4.69) is 35.6 Å². The highest BCUT2D eigenvalue weighted by Crippen LogP contribution is 2.27. The molecule has 0 saturated heterocycles. The topological polar surface area (TPSA) is 29.1 Å². The molecule has 0 spiro atoms. The third-order valence-electron chi connectivity index (χ3n) is 4.14. The lowest BCUT2D eigenvalue weighted by Gasteiger charge is -2.25. The number of thiophene rings is 1. The van der Waals surface area contributed by atoms with Crippen molar-refractivity contribution in [1.29, 1.82) is 0 Å². The number of hydrogen-bond acceptors (Lipinski definition) is 3. The molecule has 1 unspecified atom stereocenters. The fraction of sp³-hybridized carbons (Fsp3) is 0.167. The number of carbonyl (C=O) groups is 1. The molecule has 0 bridgehead atoms. The van der Waals surface area contributed by atoms with Crippen molar-refractivity contribution in [1.82, 2.24) is 5.32 Å². The van der Waals surface area contributed by atoms with Crippen molar-refractivity contribution in [2.75, 3.05) is 0 Å². The van der Waals surface area contributed by atoms with Crippen LogP contribution in [-0.2, 0) is 13.0 Å². The average molecular weight is 293 g/mol. The Labute approximate surface area is 127 Å². The highest BCUT2D eigenvalue weighted by Gasteiger charge is 2.26. The smallest absolute Gasteiger partial charge is 0.181 e. The third-order valence-corrected chi connectivity index (χ3v) is 5.11. The summed E-state index contributed by atoms with van der Waals surface area (Å²) in [5.41, 5.74) is 3.43. The van der Waals surface area contributed by atoms with Crippen LogP contribution in [0.5, 0.6) is 0 Å². The van der Waals surface area contributed by atoms with Gasteiger partial charge < -0.3 is 5.32 Å². The van der Waals surface area contributed by atoms with E-state index in [-0.39, 0.29) is 11.8 Å². The summed E-state index contributed by atoms with van der Waals surface area (Å²) < 4.78 is 1.10. The normalized spacial score (nSPS) is 17.6. The Morgan fingerprint density at radius 3 is 2.81 bits per heavy atom. The SMILES string of the molecule is O=C(c1cccc2ccsc12)C1Cc2ccccc2CN1. The largest absolute Gasteiger partial charge is 0.303 e. The van der Waals surface area contributed by atoms with E-state index in [4.69, 9.17) is 0 Å². The third kappa shape index (κ3) is 2.19. The van der Waals surface area contributed by atoms with Gasteiger partial charge in [0, 0.05) is 16.8 Å². The summed E-state index contributed by atoms with van der Waals surface area (Å²) in [5, 5.41) is 6.59. The molecule has 2 aromatic carbocycles. The Balaban J connectivity index is 1.69. The second-order valence-corrected chi connectivity index (χ2v) is 6.33. The van der Waals surface area contributed by atoms with Crippen LogP contribution in [-0.4, -0.2) is 11.8 Å². The highest BCUT2D eigenvalue weighted by molar-refractivity contribution is 7.17. The molecule has 3 heteroatoms. The van der Waals surface area contributed by atoms with Crippen LogP contribution < -0.4 is 5.32 Å². The maximum Gasteiger partial charge on any atom is 0.181 e. The number of ketones is 1. The fourth-order valence-electron chi connectivity index (χ4n) is 3.01. The molecule has 2 nitrogen and oxygen atoms in total. The van der Waals surface area contributed by atoms with E-state index in [1.165, 1.54) is 11.1 Å². The zero-order valence-corrected chi connectivity index (χ0v) is 12.3. The first-order chi connectivity index (χ1) is 10.3. The molecule has 2 heterocycles. The van der Waals surface area contributed by atoms with Crippen molar-refractivity contribution in [3.63, 3.8) is 0 Å². The van der Waals surface area contributed by atoms with Gasteiger partial charge in [-0.2, -0.15) is 0 Å². The van der Waals surface area contributed by atoms with Crippen molar-refractivity contribution in [2.45, 2.75) is 19.0 Å². The van der Waals surface area contributed by atoms with Crippen LogP contribution in [0.3, 0.4) is 0 Å². The molecule has 3 aromatic rings. The molecule has 0 fully saturated rings. The van der Waals surface area contributed by atoms with Gasteiger partial charge in [0.25, 0.3) is 0 Å². The Morgan fingerprint density at radius 2 is 1.90 bits per heavy atom. The molecule has 0 amide bonds. The van der Waals surface area contributed by atoms with Crippen LogP contribution in [0, 0.1) is 0 Å². The Morgan fingerprint density at radius 1 is 1.05 bits per heavy atom. The van der Waals surface area contributed by atoms with Crippen molar-refractivity contribution in [3.8, 4) is 0 Å². The molecule has 104 valence electrons. The maximum absolute atomic E-state index is 12.9. The summed E-state index contributed by atoms with van der Waals surface area (Å²) in [6.07, 6.45) is 0.775. The minimum atomic E-state index is -0.118. The first-order valence-electron chi connectivity index (χ1n) is 7.13. The number of Topliss-reactive ketones (excluding diaryl/α,β-unsaturated/α-hetero) is 1. The molecule has 1 atom stereocenters. The molecule has 4 rings (SSSR count). The molecule has 21 heavy (non-hydrogen) atoms. The zero-order valence-electron chi connectivity index (χ0n) is 11.5. The van der Waals surface area contributed by atoms with Gasteiger partial charge in [0.2, 0.25) is 0 Å². The predicted octanol–water partition coefficient (Wildman–Crippen LogP) is 3.80. The van der Waals surface area contributed by atoms with Gasteiger partial charge in [-0.05, 0) is 40.4 Å². The van der Waals surface area contributed by atoms with Crippen LogP contribution >= 0.6 is 11.3 Å². The van der Waals surface area contributed by atoms with Gasteiger partial charge >= 0.3 is 0 Å². The van der Waals surface area contributed by atoms with E-state index >= 15 is 0 Å². The Bertz CT molecular complexity index is 821. The summed E-state index contributed by atoms with van der Waals surface area (Å²) in [7, 11) is 0. The van der Waals surface area contributed by atoms with Crippen LogP contribution in [0.4, 0.5) is 0 Å². The van der Waals surface area contributed by atoms with Gasteiger partial charge in [0.15, 0.2) is 5.78 Å². The molecule has 1 aliphatic heterocycles. The van der Waals surface area contributed by atoms with Crippen molar-refractivity contribution in [3.05, 3.63) is 70.6 Å². The summed E-state index contributed by atoms with van der Waals surface area (Å²) in [5.74, 6) is 0.206. The van der Waals surface area contributed by atoms with Crippen LogP contribution in [0.25, 0.3) is 10.1 Å². The lowest BCUT2D eigenvalue weighted by molar-refractivity contribution is 0.0940. The van der Waals surface area contributed by atoms with E-state index < -0.39 is 0 Å². The van der Waals surface area contributed by atoms with Crippen LogP contribution in [0.2, 0.25) is 0 Å². The van der Waals surface area contributed by atoms with Gasteiger partial charge in [-0.1, -0.05) is 36.4 Å². The first kappa shape index (κ1) is 12.7. The highest BCUT2D eigenvalue weighted by atomic mass is 32.1. The lowest BCUT2D eigenvalue weighted by Crippen LogP contribution is -2.41. The monoisotopic (exact) mass is 293 g/mol. The molecular weight excluding hydrogens is 278 g/mol. The number of hydrogen-bond donors (Lipinski definition) is 1. The van der Waals surface area contributed by atoms with Crippen LogP contribution in [0.1, 0.15) is 21.5 Å². The quantitative estimate of drug-likeness (QED) is 0.728. The predicted molar refractivity (Wildman–Crippen MR) is 86.9 cm³/mol. The van der Waals surface area contributed by atoms with E-state index in [0.717, 1.165) is 28.6 Å². The van der Waals surface area contributed by atoms with E-state index in [0.29, 0.717) is 0 Å². The van der Waals surface area contributed by atoms with E-state index in [1.807, 2.05) is 23.6 Å². The summed E-state index contributed by atoms with van der Waals surface area (Å²) in [4.78, 5) is 12.9. The minimum absolute atomic E-state index is 0.118. The zero-order chi connectivity index (χ0) is 14.2. The van der Waals surface area contributed by atoms with Gasteiger partial charge in [0.05, 0.1) is 6.04 Å². The fourth-order valence-corrected chi connectivity index (χ4v) is 3.93. The molecular formula is C18H15NOS. The minimum Gasteiger partial charge on any atom is -0.303 e. The number of carbonyl (C=O) groups excluding carboxylic acids is 1. The molecule has 1 aromatic heterocycles. The van der Waals surface area contributed by atoms with Gasteiger partial charge in [-0.15, -0.1) is 11.3 Å². The summed E-state index contributed by atoms with van der Waals surface area (Å²) in [6, 6.07) is 16.3. The molecule has 0 radical (unpaired) electrons. The summed E-state index contributed by atoms with van der Waals surface area (Å²) >= 11 is 1.64. The van der Waals surface area contributed by atoms with Crippen molar-refractivity contribution in [2.24, 2.45) is 0 Å². The van der Waals surface area contributed by atoms with Gasteiger partial charge in [-0.3, -0.25) is 4.79 Å². The second kappa shape index (κ2) is 5.10. The molecule has 1 N–H and O–H groups in total. The molecule has 1 aliphatic rings. The lowest BCUT2D eigenvalue weighted by atomic mass is 9.91. The Kier molecular flexibility index (Phi) is 3.09. The number of rotatable bonds is 2. The average Bonchev–Trinajstić information content (AvgIpc) is 3.02. The molecule has 0 saturated carbocycles. The maximum atomic E-state index is 12.9. The van der Waals surface area contributed by atoms with E-state index in [9.17, 15) is 4.79 Å². The standard InChI is InChI=1S/C18H15NOS/c20-17(15-7-3-6-12-8-9-21-18(12)15)16-10-13-4-1-2-5-14(13)11-19-16/h1-9,16,19H,10-11H2. The Hall–Kier alpha value is -1.97. The van der Waals surface area contributed by atoms with Crippen molar-refractivity contribution < 1.29 is 4.79 Å². The van der Waals surface area contributed by atoms with Crippen LogP contribution in [0.15, 0.2) is 53.9 Å². The number of fused-ring (bicyclic) bond motifs is 2. The van der Waals surface area contributed by atoms with Gasteiger partial charge in [0.1, 0.15) is 0 Å². The second-order valence-electron chi connectivity index (χ2n) is 5.42. The molecule has 0 aliphatic carbocycles.